The molecule has 1 unspecified atom stereocenters. The fourth-order valence-corrected chi connectivity index (χ4v) is 5.10. The molecule has 0 spiro atoms. The zero-order chi connectivity index (χ0) is 27.9. The van der Waals surface area contributed by atoms with Gasteiger partial charge in [0.2, 0.25) is 5.91 Å². The molecule has 0 fully saturated rings. The topological polar surface area (TPSA) is 100 Å². The molecule has 0 radical (unpaired) electrons. The molecule has 5 rings (SSSR count). The Hall–Kier alpha value is -4.89. The van der Waals surface area contributed by atoms with Gasteiger partial charge in [0, 0.05) is 16.1 Å². The van der Waals surface area contributed by atoms with Crippen molar-refractivity contribution in [1.29, 1.82) is 0 Å². The fourth-order valence-electron chi connectivity index (χ4n) is 4.08. The number of carbonyl (C=O) groups is 3. The van der Waals surface area contributed by atoms with Crippen molar-refractivity contribution in [2.24, 2.45) is 5.10 Å². The number of hydrogen-bond donors (Lipinski definition) is 2. The summed E-state index contributed by atoms with van der Waals surface area (Å²) in [5.74, 6) is 0.250. The van der Waals surface area contributed by atoms with Crippen LogP contribution in [0.1, 0.15) is 27.6 Å². The number of amides is 3. The first-order chi connectivity index (χ1) is 19.5. The van der Waals surface area contributed by atoms with E-state index in [1.54, 1.807) is 55.6 Å². The average molecular weight is 551 g/mol. The minimum atomic E-state index is -0.593. The van der Waals surface area contributed by atoms with Crippen molar-refractivity contribution >= 4 is 46.7 Å². The third-order valence-electron chi connectivity index (χ3n) is 6.10. The van der Waals surface area contributed by atoms with E-state index >= 15 is 0 Å². The van der Waals surface area contributed by atoms with E-state index in [-0.39, 0.29) is 24.1 Å². The lowest BCUT2D eigenvalue weighted by Crippen LogP contribution is -2.33. The molecule has 200 valence electrons. The van der Waals surface area contributed by atoms with Gasteiger partial charge >= 0.3 is 0 Å². The van der Waals surface area contributed by atoms with Crippen LogP contribution in [0.2, 0.25) is 0 Å². The normalized spacial score (nSPS) is 13.4. The van der Waals surface area contributed by atoms with Crippen LogP contribution in [0.15, 0.2) is 119 Å². The second-order valence-electron chi connectivity index (χ2n) is 8.87. The van der Waals surface area contributed by atoms with Crippen molar-refractivity contribution in [3.8, 4) is 5.75 Å². The smallest absolute Gasteiger partial charge is 0.255 e. The lowest BCUT2D eigenvalue weighted by molar-refractivity contribution is -0.119. The predicted octanol–water partition coefficient (Wildman–Crippen LogP) is 5.65. The summed E-state index contributed by atoms with van der Waals surface area (Å²) in [4.78, 5) is 39.4. The highest BCUT2D eigenvalue weighted by Gasteiger charge is 2.29. The molecular formula is C31H26N4O4S. The van der Waals surface area contributed by atoms with E-state index in [4.69, 9.17) is 4.74 Å². The monoisotopic (exact) mass is 550 g/mol. The predicted molar refractivity (Wildman–Crippen MR) is 157 cm³/mol. The van der Waals surface area contributed by atoms with Gasteiger partial charge in [-0.05, 0) is 66.2 Å². The Labute approximate surface area is 236 Å². The Morgan fingerprint density at radius 1 is 0.850 bits per heavy atom. The number of carbonyl (C=O) groups excluding carboxylic acids is 3. The standard InChI is InChI=1S/C31H26N4O4S/c1-39-25-16-12-22(13-17-25)30(37)32-23-14-18-26(19-15-23)40-29(21-8-4-2-5-9-21)31(38)33-27-20-28(36)35(34-27)24-10-6-3-7-11-24/h2-19,29H,20H2,1H3,(H,32,37)(H,33,34,38). The van der Waals surface area contributed by atoms with Gasteiger partial charge in [0.05, 0.1) is 19.2 Å². The summed E-state index contributed by atoms with van der Waals surface area (Å²) in [6.45, 7) is 0. The van der Waals surface area contributed by atoms with Crippen LogP contribution < -0.4 is 20.4 Å². The van der Waals surface area contributed by atoms with Gasteiger partial charge in [-0.3, -0.25) is 14.4 Å². The van der Waals surface area contributed by atoms with Gasteiger partial charge in [0.15, 0.2) is 0 Å². The number of thioether (sulfide) groups is 1. The zero-order valence-corrected chi connectivity index (χ0v) is 22.4. The second-order valence-corrected chi connectivity index (χ2v) is 10.0. The number of hydrogen-bond acceptors (Lipinski definition) is 6. The number of nitrogens with one attached hydrogen (secondary N) is 2. The maximum Gasteiger partial charge on any atom is 0.255 e. The number of methoxy groups -OCH3 is 1. The lowest BCUT2D eigenvalue weighted by atomic mass is 10.1. The van der Waals surface area contributed by atoms with Crippen LogP contribution in [0.5, 0.6) is 5.75 Å². The van der Waals surface area contributed by atoms with E-state index in [9.17, 15) is 14.4 Å². The highest BCUT2D eigenvalue weighted by molar-refractivity contribution is 8.00. The highest BCUT2D eigenvalue weighted by Crippen LogP contribution is 2.36. The molecule has 1 aliphatic rings. The van der Waals surface area contributed by atoms with Crippen molar-refractivity contribution in [3.05, 3.63) is 120 Å². The van der Waals surface area contributed by atoms with E-state index in [0.717, 1.165) is 10.5 Å². The Morgan fingerprint density at radius 3 is 2.15 bits per heavy atom. The van der Waals surface area contributed by atoms with Gasteiger partial charge in [-0.1, -0.05) is 48.5 Å². The molecule has 0 bridgehead atoms. The summed E-state index contributed by atoms with van der Waals surface area (Å²) < 4.78 is 5.14. The lowest BCUT2D eigenvalue weighted by Gasteiger charge is -2.17. The van der Waals surface area contributed by atoms with Crippen LogP contribution in [0.4, 0.5) is 11.4 Å². The number of ether oxygens (including phenoxy) is 1. The number of rotatable bonds is 8. The first-order valence-electron chi connectivity index (χ1n) is 12.5. The van der Waals surface area contributed by atoms with Gasteiger partial charge in [0.1, 0.15) is 16.8 Å². The van der Waals surface area contributed by atoms with Crippen molar-refractivity contribution in [2.45, 2.75) is 16.6 Å². The van der Waals surface area contributed by atoms with Gasteiger partial charge in [-0.25, -0.2) is 0 Å². The van der Waals surface area contributed by atoms with Crippen LogP contribution in [-0.2, 0) is 9.59 Å². The minimum absolute atomic E-state index is 0.00933. The molecule has 1 heterocycles. The van der Waals surface area contributed by atoms with E-state index in [1.165, 1.54) is 16.8 Å². The van der Waals surface area contributed by atoms with E-state index < -0.39 is 5.25 Å². The van der Waals surface area contributed by atoms with Crippen molar-refractivity contribution in [2.75, 3.05) is 17.4 Å². The van der Waals surface area contributed by atoms with E-state index in [0.29, 0.717) is 28.5 Å². The Morgan fingerprint density at radius 2 is 1.50 bits per heavy atom. The number of nitrogens with zero attached hydrogens (tertiary/aromatic N) is 2. The molecule has 1 aliphatic heterocycles. The molecular weight excluding hydrogens is 524 g/mol. The van der Waals surface area contributed by atoms with Crippen LogP contribution in [-0.4, -0.2) is 30.7 Å². The summed E-state index contributed by atoms with van der Waals surface area (Å²) in [5.41, 5.74) is 2.60. The number of anilines is 2. The van der Waals surface area contributed by atoms with Crippen LogP contribution in [0.25, 0.3) is 0 Å². The minimum Gasteiger partial charge on any atom is -0.497 e. The van der Waals surface area contributed by atoms with Crippen LogP contribution in [0, 0.1) is 0 Å². The SMILES string of the molecule is COc1ccc(C(=O)Nc2ccc(SC(C(=O)NC3=NN(c4ccccc4)C(=O)C3)c3ccccc3)cc2)cc1. The molecule has 0 saturated carbocycles. The van der Waals surface area contributed by atoms with Crippen molar-refractivity contribution in [1.82, 2.24) is 5.32 Å². The number of benzene rings is 4. The van der Waals surface area contributed by atoms with Crippen LogP contribution in [0.3, 0.4) is 0 Å². The van der Waals surface area contributed by atoms with Gasteiger partial charge in [-0.15, -0.1) is 11.8 Å². The van der Waals surface area contributed by atoms with E-state index in [2.05, 4.69) is 15.7 Å². The third-order valence-corrected chi connectivity index (χ3v) is 7.37. The molecule has 3 amide bonds. The number of para-hydroxylation sites is 1. The molecule has 9 heteroatoms. The quantitative estimate of drug-likeness (QED) is 0.276. The molecule has 0 saturated heterocycles. The number of amidine groups is 1. The summed E-state index contributed by atoms with van der Waals surface area (Å²) in [5, 5.41) is 10.8. The molecule has 1 atom stereocenters. The van der Waals surface area contributed by atoms with Gasteiger partial charge < -0.3 is 15.4 Å². The number of hydrazone groups is 1. The van der Waals surface area contributed by atoms with Gasteiger partial charge in [-0.2, -0.15) is 10.1 Å². The molecule has 4 aromatic carbocycles. The third kappa shape index (κ3) is 6.39. The molecule has 0 aromatic heterocycles. The molecule has 8 nitrogen and oxygen atoms in total. The van der Waals surface area contributed by atoms with Crippen molar-refractivity contribution < 1.29 is 19.1 Å². The maximum atomic E-state index is 13.5. The van der Waals surface area contributed by atoms with Crippen LogP contribution >= 0.6 is 11.8 Å². The molecule has 4 aromatic rings. The summed E-state index contributed by atoms with van der Waals surface area (Å²) in [6.07, 6.45) is 0.00933. The van der Waals surface area contributed by atoms with Gasteiger partial charge in [0.25, 0.3) is 11.8 Å². The fraction of sp³-hybridized carbons (Fsp3) is 0.0968. The Bertz CT molecular complexity index is 1530. The Balaban J connectivity index is 1.28. The molecule has 0 aliphatic carbocycles. The molecule has 2 N–H and O–H groups in total. The average Bonchev–Trinajstić information content (AvgIpc) is 3.37. The van der Waals surface area contributed by atoms with E-state index in [1.807, 2.05) is 60.7 Å². The summed E-state index contributed by atoms with van der Waals surface area (Å²) in [6, 6.07) is 32.7. The Kier molecular flexibility index (Phi) is 8.22. The first-order valence-corrected chi connectivity index (χ1v) is 13.4. The summed E-state index contributed by atoms with van der Waals surface area (Å²) in [7, 11) is 1.57. The highest BCUT2D eigenvalue weighted by atomic mass is 32.2. The van der Waals surface area contributed by atoms with Crippen molar-refractivity contribution in [3.63, 3.8) is 0 Å². The molecule has 40 heavy (non-hydrogen) atoms. The second kappa shape index (κ2) is 12.3. The summed E-state index contributed by atoms with van der Waals surface area (Å²) >= 11 is 1.37. The zero-order valence-electron chi connectivity index (χ0n) is 21.6. The first kappa shape index (κ1) is 26.7. The maximum absolute atomic E-state index is 13.5. The largest absolute Gasteiger partial charge is 0.497 e.